The second-order valence-corrected chi connectivity index (χ2v) is 4.16. The van der Waals surface area contributed by atoms with E-state index in [-0.39, 0.29) is 0 Å². The van der Waals surface area contributed by atoms with E-state index in [4.69, 9.17) is 9.47 Å². The number of hydrogen-bond acceptors (Lipinski definition) is 4. The maximum absolute atomic E-state index is 9.33. The smallest absolute Gasteiger partial charge is 0.129 e. The van der Waals surface area contributed by atoms with Gasteiger partial charge in [0, 0.05) is 37.8 Å². The number of benzene rings is 1. The van der Waals surface area contributed by atoms with Gasteiger partial charge >= 0.3 is 0 Å². The fourth-order valence-corrected chi connectivity index (χ4v) is 1.96. The number of hydrogen-bond donors (Lipinski definition) is 1. The number of rotatable bonds is 3. The third-order valence-corrected chi connectivity index (χ3v) is 3.01. The molecule has 1 aromatic rings. The van der Waals surface area contributed by atoms with Crippen molar-refractivity contribution in [2.75, 3.05) is 25.6 Å². The van der Waals surface area contributed by atoms with Crippen LogP contribution in [0.5, 0.6) is 5.75 Å². The number of nitrogens with one attached hydrogen (secondary N) is 1. The largest absolute Gasteiger partial charge is 0.497 e. The van der Waals surface area contributed by atoms with Crippen molar-refractivity contribution in [3.63, 3.8) is 0 Å². The van der Waals surface area contributed by atoms with Crippen molar-refractivity contribution in [1.82, 2.24) is 0 Å². The second kappa shape index (κ2) is 5.07. The van der Waals surface area contributed by atoms with Gasteiger partial charge in [-0.15, -0.1) is 0 Å². The summed E-state index contributed by atoms with van der Waals surface area (Å²) in [5.41, 5.74) is 0.401. The van der Waals surface area contributed by atoms with Gasteiger partial charge < -0.3 is 14.8 Å². The Bertz CT molecular complexity index is 420. The molecule has 0 unspecified atom stereocenters. The molecule has 4 nitrogen and oxygen atoms in total. The quantitative estimate of drug-likeness (QED) is 0.867. The highest BCUT2D eigenvalue weighted by atomic mass is 16.5. The fraction of sp³-hybridized carbons (Fsp3) is 0.462. The lowest BCUT2D eigenvalue weighted by molar-refractivity contribution is 0.0753. The van der Waals surface area contributed by atoms with Crippen LogP contribution in [-0.4, -0.2) is 25.9 Å². The van der Waals surface area contributed by atoms with Crippen LogP contribution in [-0.2, 0) is 4.74 Å². The molecule has 1 fully saturated rings. The van der Waals surface area contributed by atoms with Gasteiger partial charge in [0.15, 0.2) is 0 Å². The van der Waals surface area contributed by atoms with Gasteiger partial charge in [-0.2, -0.15) is 5.26 Å². The standard InChI is InChI=1S/C13H16N2O2/c1-16-12-4-2-3-11(9-12)15-13(10-14)5-7-17-8-6-13/h2-4,9,15H,5-8H2,1H3. The predicted octanol–water partition coefficient (Wildman–Crippen LogP) is 2.18. The molecule has 1 aliphatic rings. The molecule has 0 atom stereocenters. The van der Waals surface area contributed by atoms with E-state index in [1.165, 1.54) is 0 Å². The Balaban J connectivity index is 2.15. The Hall–Kier alpha value is -1.73. The van der Waals surface area contributed by atoms with Crippen LogP contribution in [0.3, 0.4) is 0 Å². The minimum atomic E-state index is -0.509. The first-order chi connectivity index (χ1) is 8.28. The summed E-state index contributed by atoms with van der Waals surface area (Å²) in [6.45, 7) is 1.26. The van der Waals surface area contributed by atoms with E-state index in [9.17, 15) is 5.26 Å². The number of anilines is 1. The van der Waals surface area contributed by atoms with E-state index in [2.05, 4.69) is 11.4 Å². The summed E-state index contributed by atoms with van der Waals surface area (Å²) in [5, 5.41) is 12.6. The van der Waals surface area contributed by atoms with Gasteiger partial charge in [-0.3, -0.25) is 0 Å². The van der Waals surface area contributed by atoms with Gasteiger partial charge in [0.05, 0.1) is 13.2 Å². The van der Waals surface area contributed by atoms with Gasteiger partial charge in [0.2, 0.25) is 0 Å². The highest BCUT2D eigenvalue weighted by Gasteiger charge is 2.32. The third-order valence-electron chi connectivity index (χ3n) is 3.01. The molecule has 4 heteroatoms. The first kappa shape index (κ1) is 11.7. The Morgan fingerprint density at radius 2 is 2.18 bits per heavy atom. The number of nitrogens with zero attached hydrogens (tertiary/aromatic N) is 1. The van der Waals surface area contributed by atoms with E-state index < -0.39 is 5.54 Å². The minimum absolute atomic E-state index is 0.509. The summed E-state index contributed by atoms with van der Waals surface area (Å²) in [5.74, 6) is 0.787. The minimum Gasteiger partial charge on any atom is -0.497 e. The van der Waals surface area contributed by atoms with E-state index in [0.29, 0.717) is 26.1 Å². The first-order valence-corrected chi connectivity index (χ1v) is 5.69. The lowest BCUT2D eigenvalue weighted by atomic mass is 9.91. The maximum atomic E-state index is 9.33. The van der Waals surface area contributed by atoms with E-state index in [1.807, 2.05) is 24.3 Å². The van der Waals surface area contributed by atoms with Crippen LogP contribution in [0, 0.1) is 11.3 Å². The van der Waals surface area contributed by atoms with E-state index >= 15 is 0 Å². The van der Waals surface area contributed by atoms with Crippen LogP contribution in [0.1, 0.15) is 12.8 Å². The van der Waals surface area contributed by atoms with Gasteiger partial charge in [0.1, 0.15) is 11.3 Å². The zero-order valence-electron chi connectivity index (χ0n) is 9.90. The van der Waals surface area contributed by atoms with Gasteiger partial charge in [0.25, 0.3) is 0 Å². The molecular weight excluding hydrogens is 216 g/mol. The number of methoxy groups -OCH3 is 1. The Morgan fingerprint density at radius 3 is 2.82 bits per heavy atom. The van der Waals surface area contributed by atoms with Crippen molar-refractivity contribution >= 4 is 5.69 Å². The van der Waals surface area contributed by atoms with Crippen LogP contribution in [0.15, 0.2) is 24.3 Å². The number of nitriles is 1. The maximum Gasteiger partial charge on any atom is 0.129 e. The molecule has 17 heavy (non-hydrogen) atoms. The Morgan fingerprint density at radius 1 is 1.41 bits per heavy atom. The zero-order chi connectivity index (χ0) is 12.1. The van der Waals surface area contributed by atoms with Crippen LogP contribution in [0.2, 0.25) is 0 Å². The summed E-state index contributed by atoms with van der Waals surface area (Å²) >= 11 is 0. The molecule has 0 bridgehead atoms. The molecular formula is C13H16N2O2. The molecule has 0 spiro atoms. The fourth-order valence-electron chi connectivity index (χ4n) is 1.96. The predicted molar refractivity (Wildman–Crippen MR) is 65.0 cm³/mol. The van der Waals surface area contributed by atoms with Crippen LogP contribution < -0.4 is 10.1 Å². The first-order valence-electron chi connectivity index (χ1n) is 5.69. The van der Waals surface area contributed by atoms with Crippen molar-refractivity contribution in [2.45, 2.75) is 18.4 Å². The van der Waals surface area contributed by atoms with Crippen LogP contribution in [0.4, 0.5) is 5.69 Å². The van der Waals surface area contributed by atoms with Crippen molar-refractivity contribution in [1.29, 1.82) is 5.26 Å². The average molecular weight is 232 g/mol. The van der Waals surface area contributed by atoms with Gasteiger partial charge in [-0.05, 0) is 12.1 Å². The molecule has 1 saturated heterocycles. The number of ether oxygens (including phenoxy) is 2. The monoisotopic (exact) mass is 232 g/mol. The molecule has 2 rings (SSSR count). The van der Waals surface area contributed by atoms with Crippen molar-refractivity contribution < 1.29 is 9.47 Å². The third kappa shape index (κ3) is 2.69. The van der Waals surface area contributed by atoms with Crippen LogP contribution in [0.25, 0.3) is 0 Å². The second-order valence-electron chi connectivity index (χ2n) is 4.16. The van der Waals surface area contributed by atoms with Crippen molar-refractivity contribution in [3.8, 4) is 11.8 Å². The molecule has 1 aromatic carbocycles. The molecule has 0 radical (unpaired) electrons. The van der Waals surface area contributed by atoms with E-state index in [0.717, 1.165) is 11.4 Å². The van der Waals surface area contributed by atoms with Gasteiger partial charge in [-0.1, -0.05) is 6.07 Å². The summed E-state index contributed by atoms with van der Waals surface area (Å²) in [6, 6.07) is 10.0. The lowest BCUT2D eigenvalue weighted by Crippen LogP contribution is -2.42. The van der Waals surface area contributed by atoms with Crippen molar-refractivity contribution in [3.05, 3.63) is 24.3 Å². The average Bonchev–Trinajstić information content (AvgIpc) is 2.40. The molecule has 1 heterocycles. The highest BCUT2D eigenvalue weighted by molar-refractivity contribution is 5.51. The summed E-state index contributed by atoms with van der Waals surface area (Å²) < 4.78 is 10.5. The summed E-state index contributed by atoms with van der Waals surface area (Å²) in [4.78, 5) is 0. The van der Waals surface area contributed by atoms with Crippen LogP contribution >= 0.6 is 0 Å². The molecule has 1 aliphatic heterocycles. The summed E-state index contributed by atoms with van der Waals surface area (Å²) in [7, 11) is 1.63. The molecule has 1 N–H and O–H groups in total. The molecule has 0 amide bonds. The Labute approximate surface area is 101 Å². The van der Waals surface area contributed by atoms with E-state index in [1.54, 1.807) is 7.11 Å². The summed E-state index contributed by atoms with van der Waals surface area (Å²) in [6.07, 6.45) is 1.42. The topological polar surface area (TPSA) is 54.3 Å². The zero-order valence-corrected chi connectivity index (χ0v) is 9.90. The molecule has 0 aliphatic carbocycles. The van der Waals surface area contributed by atoms with Crippen molar-refractivity contribution in [2.24, 2.45) is 0 Å². The molecule has 90 valence electrons. The molecule has 0 aromatic heterocycles. The lowest BCUT2D eigenvalue weighted by Gasteiger charge is -2.32. The van der Waals surface area contributed by atoms with Gasteiger partial charge in [-0.25, -0.2) is 0 Å². The SMILES string of the molecule is COc1cccc(NC2(C#N)CCOCC2)c1. The normalized spacial score (nSPS) is 18.1. The molecule has 0 saturated carbocycles. The highest BCUT2D eigenvalue weighted by Crippen LogP contribution is 2.27. The Kier molecular flexibility index (Phi) is 3.50.